The summed E-state index contributed by atoms with van der Waals surface area (Å²) in [7, 11) is 1.79. The van der Waals surface area contributed by atoms with Crippen LogP contribution in [-0.2, 0) is 0 Å². The summed E-state index contributed by atoms with van der Waals surface area (Å²) in [6.45, 7) is 10.1. The highest BCUT2D eigenvalue weighted by atomic mass is 14.6. The van der Waals surface area contributed by atoms with Crippen LogP contribution in [0.15, 0.2) is 28.8 Å². The minimum Gasteiger partial charge on any atom is -0.296 e. The van der Waals surface area contributed by atoms with Crippen LogP contribution in [0.1, 0.15) is 20.8 Å². The Hall–Kier alpha value is -0.850. The fourth-order valence-corrected chi connectivity index (χ4v) is 0.963. The number of hydrogen-bond acceptors (Lipinski definition) is 1. The van der Waals surface area contributed by atoms with Gasteiger partial charge in [0, 0.05) is 13.3 Å². The van der Waals surface area contributed by atoms with E-state index in [1.807, 2.05) is 12.3 Å². The van der Waals surface area contributed by atoms with Crippen LogP contribution in [0.3, 0.4) is 0 Å². The molecule has 0 aromatic rings. The molecule has 0 rings (SSSR count). The lowest BCUT2D eigenvalue weighted by molar-refractivity contribution is 0.799. The van der Waals surface area contributed by atoms with Crippen LogP contribution >= 0.6 is 0 Å². The maximum Gasteiger partial charge on any atom is 0.0277 e. The zero-order valence-corrected chi connectivity index (χ0v) is 7.89. The molecule has 0 N–H and O–H groups in total. The van der Waals surface area contributed by atoms with Crippen molar-refractivity contribution in [3.8, 4) is 0 Å². The van der Waals surface area contributed by atoms with Crippen LogP contribution in [-0.4, -0.2) is 13.3 Å². The standard InChI is InChI=1S/C10H17N/c1-6-9(4)10(7-11-5)8(2)3/h6-8H,1H2,2-5H3/b10-9+,11-7?. The van der Waals surface area contributed by atoms with Crippen LogP contribution in [0, 0.1) is 5.92 Å². The second-order valence-corrected chi connectivity index (χ2v) is 2.88. The van der Waals surface area contributed by atoms with E-state index in [0.717, 1.165) is 0 Å². The number of rotatable bonds is 3. The second kappa shape index (κ2) is 4.89. The molecule has 0 aromatic heterocycles. The molecular weight excluding hydrogens is 134 g/mol. The molecular formula is C10H17N. The zero-order chi connectivity index (χ0) is 8.85. The zero-order valence-electron chi connectivity index (χ0n) is 7.89. The van der Waals surface area contributed by atoms with Gasteiger partial charge in [-0.25, -0.2) is 0 Å². The van der Waals surface area contributed by atoms with Gasteiger partial charge in [-0.05, 0) is 24.0 Å². The molecule has 0 aliphatic rings. The van der Waals surface area contributed by atoms with E-state index in [4.69, 9.17) is 0 Å². The van der Waals surface area contributed by atoms with Crippen LogP contribution in [0.2, 0.25) is 0 Å². The van der Waals surface area contributed by atoms with Crippen LogP contribution in [0.5, 0.6) is 0 Å². The first-order valence-electron chi connectivity index (χ1n) is 3.88. The van der Waals surface area contributed by atoms with E-state index in [2.05, 4.69) is 32.3 Å². The number of allylic oxidation sites excluding steroid dienone is 3. The van der Waals surface area contributed by atoms with Crippen molar-refractivity contribution in [1.29, 1.82) is 0 Å². The third-order valence-corrected chi connectivity index (χ3v) is 1.65. The second-order valence-electron chi connectivity index (χ2n) is 2.88. The van der Waals surface area contributed by atoms with Gasteiger partial charge in [0.25, 0.3) is 0 Å². The minimum atomic E-state index is 0.525. The predicted octanol–water partition coefficient (Wildman–Crippen LogP) is 2.85. The van der Waals surface area contributed by atoms with Crippen molar-refractivity contribution in [3.05, 3.63) is 23.8 Å². The summed E-state index contributed by atoms with van der Waals surface area (Å²) in [4.78, 5) is 4.00. The smallest absolute Gasteiger partial charge is 0.0277 e. The Morgan fingerprint density at radius 3 is 2.27 bits per heavy atom. The van der Waals surface area contributed by atoms with E-state index in [-0.39, 0.29) is 0 Å². The average molecular weight is 151 g/mol. The lowest BCUT2D eigenvalue weighted by Crippen LogP contribution is -1.98. The van der Waals surface area contributed by atoms with Gasteiger partial charge in [-0.15, -0.1) is 0 Å². The highest BCUT2D eigenvalue weighted by Gasteiger charge is 2.01. The molecule has 1 nitrogen and oxygen atoms in total. The lowest BCUT2D eigenvalue weighted by atomic mass is 9.99. The summed E-state index contributed by atoms with van der Waals surface area (Å²) >= 11 is 0. The average Bonchev–Trinajstić information content (AvgIpc) is 1.98. The molecule has 11 heavy (non-hydrogen) atoms. The molecule has 0 atom stereocenters. The molecule has 0 saturated carbocycles. The molecule has 62 valence electrons. The molecule has 0 fully saturated rings. The molecule has 0 radical (unpaired) electrons. The predicted molar refractivity (Wildman–Crippen MR) is 52.2 cm³/mol. The first-order valence-corrected chi connectivity index (χ1v) is 3.88. The number of nitrogens with zero attached hydrogens (tertiary/aromatic N) is 1. The molecule has 1 heteroatoms. The highest BCUT2D eigenvalue weighted by molar-refractivity contribution is 5.80. The fourth-order valence-electron chi connectivity index (χ4n) is 0.963. The summed E-state index contributed by atoms with van der Waals surface area (Å²) in [6, 6.07) is 0. The van der Waals surface area contributed by atoms with Crippen LogP contribution in [0.4, 0.5) is 0 Å². The Balaban J connectivity index is 4.71. The van der Waals surface area contributed by atoms with Crippen molar-refractivity contribution in [2.75, 3.05) is 7.05 Å². The lowest BCUT2D eigenvalue weighted by Gasteiger charge is -2.07. The first kappa shape index (κ1) is 10.2. The highest BCUT2D eigenvalue weighted by Crippen LogP contribution is 2.12. The van der Waals surface area contributed by atoms with Crippen LogP contribution in [0.25, 0.3) is 0 Å². The van der Waals surface area contributed by atoms with Gasteiger partial charge in [-0.3, -0.25) is 4.99 Å². The summed E-state index contributed by atoms with van der Waals surface area (Å²) in [5, 5.41) is 0. The van der Waals surface area contributed by atoms with Crippen molar-refractivity contribution in [1.82, 2.24) is 0 Å². The molecule has 0 heterocycles. The van der Waals surface area contributed by atoms with Gasteiger partial charge in [0.2, 0.25) is 0 Å². The molecule has 0 aliphatic heterocycles. The Morgan fingerprint density at radius 1 is 1.45 bits per heavy atom. The largest absolute Gasteiger partial charge is 0.296 e. The van der Waals surface area contributed by atoms with Crippen LogP contribution < -0.4 is 0 Å². The van der Waals surface area contributed by atoms with Gasteiger partial charge in [0.1, 0.15) is 0 Å². The van der Waals surface area contributed by atoms with Crippen molar-refractivity contribution < 1.29 is 0 Å². The van der Waals surface area contributed by atoms with Gasteiger partial charge in [-0.2, -0.15) is 0 Å². The molecule has 0 saturated heterocycles. The summed E-state index contributed by atoms with van der Waals surface area (Å²) < 4.78 is 0. The van der Waals surface area contributed by atoms with E-state index >= 15 is 0 Å². The van der Waals surface area contributed by atoms with Crippen molar-refractivity contribution >= 4 is 6.21 Å². The maximum absolute atomic E-state index is 4.00. The van der Waals surface area contributed by atoms with Gasteiger partial charge < -0.3 is 0 Å². The fraction of sp³-hybridized carbons (Fsp3) is 0.500. The van der Waals surface area contributed by atoms with E-state index in [0.29, 0.717) is 5.92 Å². The molecule has 0 spiro atoms. The first-order chi connectivity index (χ1) is 5.13. The Labute approximate surface area is 69.5 Å². The molecule has 0 bridgehead atoms. The van der Waals surface area contributed by atoms with E-state index in [1.165, 1.54) is 11.1 Å². The number of aliphatic imine (C=N–C) groups is 1. The summed E-state index contributed by atoms with van der Waals surface area (Å²) in [6.07, 6.45) is 3.78. The van der Waals surface area contributed by atoms with E-state index in [1.54, 1.807) is 7.05 Å². The summed E-state index contributed by atoms with van der Waals surface area (Å²) in [5.74, 6) is 0.525. The Bertz CT molecular complexity index is 185. The molecule has 0 unspecified atom stereocenters. The third-order valence-electron chi connectivity index (χ3n) is 1.65. The molecule has 0 aliphatic carbocycles. The quantitative estimate of drug-likeness (QED) is 0.434. The third kappa shape index (κ3) is 3.17. The number of hydrogen-bond donors (Lipinski definition) is 0. The minimum absolute atomic E-state index is 0.525. The van der Waals surface area contributed by atoms with Gasteiger partial charge in [-0.1, -0.05) is 26.5 Å². The topological polar surface area (TPSA) is 12.4 Å². The van der Waals surface area contributed by atoms with Crippen molar-refractivity contribution in [2.24, 2.45) is 10.9 Å². The van der Waals surface area contributed by atoms with Crippen molar-refractivity contribution in [3.63, 3.8) is 0 Å². The van der Waals surface area contributed by atoms with Gasteiger partial charge in [0.05, 0.1) is 0 Å². The normalized spacial score (nSPS) is 13.9. The summed E-state index contributed by atoms with van der Waals surface area (Å²) in [5.41, 5.74) is 2.48. The SMILES string of the molecule is C=C/C(C)=C(\C=NC)C(C)C. The molecule has 0 aromatic carbocycles. The maximum atomic E-state index is 4.00. The van der Waals surface area contributed by atoms with Crippen molar-refractivity contribution in [2.45, 2.75) is 20.8 Å². The Morgan fingerprint density at radius 2 is 2.00 bits per heavy atom. The van der Waals surface area contributed by atoms with E-state index in [9.17, 15) is 0 Å². The Kier molecular flexibility index (Phi) is 4.51. The van der Waals surface area contributed by atoms with Gasteiger partial charge >= 0.3 is 0 Å². The monoisotopic (exact) mass is 151 g/mol. The van der Waals surface area contributed by atoms with E-state index < -0.39 is 0 Å². The molecule has 0 amide bonds. The van der Waals surface area contributed by atoms with Gasteiger partial charge in [0.15, 0.2) is 0 Å².